The lowest BCUT2D eigenvalue weighted by Crippen LogP contribution is -2.55. The third-order valence-electron chi connectivity index (χ3n) is 3.32. The summed E-state index contributed by atoms with van der Waals surface area (Å²) in [5, 5.41) is 11.8. The summed E-state index contributed by atoms with van der Waals surface area (Å²) in [5.41, 5.74) is 4.99. The molecular weight excluding hydrogens is 250 g/mol. The minimum absolute atomic E-state index is 0.0531. The predicted molar refractivity (Wildman–Crippen MR) is 68.4 cm³/mol. The summed E-state index contributed by atoms with van der Waals surface area (Å²) in [7, 11) is 0. The third-order valence-corrected chi connectivity index (χ3v) is 3.32. The minimum Gasteiger partial charge on any atom is -0.480 e. The lowest BCUT2D eigenvalue weighted by Gasteiger charge is -2.37. The topological polar surface area (TPSA) is 113 Å². The number of hydrogen-bond acceptors (Lipinski definition) is 3. The highest BCUT2D eigenvalue weighted by Crippen LogP contribution is 2.23. The lowest BCUT2D eigenvalue weighted by molar-refractivity contribution is -0.145. The Hall–Kier alpha value is -1.79. The molecule has 0 saturated carbocycles. The number of hydrogen-bond donors (Lipinski definition) is 3. The number of primary amides is 1. The molecule has 108 valence electrons. The molecule has 1 aliphatic heterocycles. The van der Waals surface area contributed by atoms with Gasteiger partial charge in [0, 0.05) is 19.5 Å². The van der Waals surface area contributed by atoms with Gasteiger partial charge in [0.25, 0.3) is 0 Å². The quantitative estimate of drug-likeness (QED) is 0.617. The molecule has 0 spiro atoms. The Labute approximate surface area is 112 Å². The zero-order valence-electron chi connectivity index (χ0n) is 11.1. The van der Waals surface area contributed by atoms with Gasteiger partial charge in [-0.05, 0) is 25.2 Å². The van der Waals surface area contributed by atoms with Crippen molar-refractivity contribution in [1.82, 2.24) is 10.2 Å². The van der Waals surface area contributed by atoms with E-state index in [1.807, 2.05) is 6.92 Å². The van der Waals surface area contributed by atoms with Gasteiger partial charge in [-0.15, -0.1) is 0 Å². The monoisotopic (exact) mass is 271 g/mol. The van der Waals surface area contributed by atoms with Crippen molar-refractivity contribution in [1.29, 1.82) is 0 Å². The van der Waals surface area contributed by atoms with Crippen LogP contribution in [0.15, 0.2) is 0 Å². The Kier molecular flexibility index (Phi) is 5.59. The SMILES string of the molecule is CC1CCCN(C(=O)NCCCC(N)=O)C1C(=O)O. The molecular formula is C12H21N3O4. The molecule has 19 heavy (non-hydrogen) atoms. The van der Waals surface area contributed by atoms with Gasteiger partial charge in [-0.1, -0.05) is 6.92 Å². The van der Waals surface area contributed by atoms with Crippen LogP contribution in [0.5, 0.6) is 0 Å². The molecule has 1 aliphatic rings. The van der Waals surface area contributed by atoms with Crippen LogP contribution in [0.25, 0.3) is 0 Å². The number of nitrogens with two attached hydrogens (primary N) is 1. The summed E-state index contributed by atoms with van der Waals surface area (Å²) in [6.07, 6.45) is 2.28. The summed E-state index contributed by atoms with van der Waals surface area (Å²) in [5.74, 6) is -1.44. The van der Waals surface area contributed by atoms with E-state index in [4.69, 9.17) is 5.73 Å². The van der Waals surface area contributed by atoms with Crippen molar-refractivity contribution in [3.8, 4) is 0 Å². The highest BCUT2D eigenvalue weighted by atomic mass is 16.4. The fraction of sp³-hybridized carbons (Fsp3) is 0.750. The number of aliphatic carboxylic acids is 1. The van der Waals surface area contributed by atoms with Crippen LogP contribution in [-0.4, -0.2) is 47.0 Å². The number of nitrogens with zero attached hydrogens (tertiary/aromatic N) is 1. The van der Waals surface area contributed by atoms with Crippen LogP contribution in [0, 0.1) is 5.92 Å². The zero-order chi connectivity index (χ0) is 14.4. The second kappa shape index (κ2) is 6.96. The first-order valence-corrected chi connectivity index (χ1v) is 6.49. The fourth-order valence-corrected chi connectivity index (χ4v) is 2.35. The van der Waals surface area contributed by atoms with Gasteiger partial charge in [-0.3, -0.25) is 4.79 Å². The predicted octanol–water partition coefficient (Wildman–Crippen LogP) is 0.147. The van der Waals surface area contributed by atoms with E-state index in [2.05, 4.69) is 5.32 Å². The van der Waals surface area contributed by atoms with Crippen molar-refractivity contribution in [3.05, 3.63) is 0 Å². The maximum Gasteiger partial charge on any atom is 0.326 e. The Bertz CT molecular complexity index is 359. The molecule has 0 aromatic rings. The zero-order valence-corrected chi connectivity index (χ0v) is 11.1. The molecule has 1 rings (SSSR count). The molecule has 0 aliphatic carbocycles. The molecule has 0 aromatic heterocycles. The third kappa shape index (κ3) is 4.42. The number of likely N-dealkylation sites (tertiary alicyclic amines) is 1. The van der Waals surface area contributed by atoms with E-state index in [1.54, 1.807) is 0 Å². The van der Waals surface area contributed by atoms with E-state index in [-0.39, 0.29) is 18.4 Å². The number of carboxylic acid groups (broad SMARTS) is 1. The van der Waals surface area contributed by atoms with Gasteiger partial charge < -0.3 is 21.1 Å². The maximum atomic E-state index is 11.9. The van der Waals surface area contributed by atoms with Crippen molar-refractivity contribution in [2.45, 2.75) is 38.6 Å². The summed E-state index contributed by atoms with van der Waals surface area (Å²) in [6, 6.07) is -1.16. The molecule has 0 aromatic carbocycles. The number of piperidine rings is 1. The van der Waals surface area contributed by atoms with Crippen molar-refractivity contribution in [3.63, 3.8) is 0 Å². The number of nitrogens with one attached hydrogen (secondary N) is 1. The van der Waals surface area contributed by atoms with Crippen LogP contribution in [0.4, 0.5) is 4.79 Å². The van der Waals surface area contributed by atoms with Crippen LogP contribution in [0.3, 0.4) is 0 Å². The van der Waals surface area contributed by atoms with Gasteiger partial charge in [0.15, 0.2) is 0 Å². The molecule has 1 saturated heterocycles. The van der Waals surface area contributed by atoms with Crippen LogP contribution in [0.2, 0.25) is 0 Å². The number of carboxylic acids is 1. The molecule has 0 bridgehead atoms. The smallest absolute Gasteiger partial charge is 0.326 e. The van der Waals surface area contributed by atoms with Gasteiger partial charge >= 0.3 is 12.0 Å². The first kappa shape index (κ1) is 15.3. The second-order valence-corrected chi connectivity index (χ2v) is 4.90. The van der Waals surface area contributed by atoms with Crippen LogP contribution in [0.1, 0.15) is 32.6 Å². The van der Waals surface area contributed by atoms with E-state index in [1.165, 1.54) is 4.90 Å². The van der Waals surface area contributed by atoms with Crippen LogP contribution >= 0.6 is 0 Å². The minimum atomic E-state index is -0.973. The van der Waals surface area contributed by atoms with E-state index < -0.39 is 17.9 Å². The van der Waals surface area contributed by atoms with E-state index >= 15 is 0 Å². The molecule has 2 unspecified atom stereocenters. The Morgan fingerprint density at radius 1 is 1.42 bits per heavy atom. The summed E-state index contributed by atoms with van der Waals surface area (Å²) >= 11 is 0. The van der Waals surface area contributed by atoms with E-state index in [9.17, 15) is 19.5 Å². The summed E-state index contributed by atoms with van der Waals surface area (Å²) in [6.45, 7) is 2.60. The Balaban J connectivity index is 2.49. The average molecular weight is 271 g/mol. The number of urea groups is 1. The van der Waals surface area contributed by atoms with Crippen molar-refractivity contribution in [2.75, 3.05) is 13.1 Å². The first-order valence-electron chi connectivity index (χ1n) is 6.49. The standard InChI is InChI=1S/C12H21N3O4/c1-8-4-3-7-15(10(8)11(17)18)12(19)14-6-2-5-9(13)16/h8,10H,2-7H2,1H3,(H2,13,16)(H,14,19)(H,17,18). The van der Waals surface area contributed by atoms with Crippen molar-refractivity contribution < 1.29 is 19.5 Å². The molecule has 4 N–H and O–H groups in total. The van der Waals surface area contributed by atoms with Crippen LogP contribution in [-0.2, 0) is 9.59 Å². The Morgan fingerprint density at radius 3 is 2.68 bits per heavy atom. The number of carbonyl (C=O) groups is 3. The summed E-state index contributed by atoms with van der Waals surface area (Å²) in [4.78, 5) is 35.1. The van der Waals surface area contributed by atoms with Gasteiger partial charge in [-0.2, -0.15) is 0 Å². The molecule has 0 radical (unpaired) electrons. The normalized spacial score (nSPS) is 22.9. The van der Waals surface area contributed by atoms with Gasteiger partial charge in [0.05, 0.1) is 0 Å². The number of rotatable bonds is 5. The second-order valence-electron chi connectivity index (χ2n) is 4.90. The first-order chi connectivity index (χ1) is 8.93. The van der Waals surface area contributed by atoms with Crippen LogP contribution < -0.4 is 11.1 Å². The fourth-order valence-electron chi connectivity index (χ4n) is 2.35. The summed E-state index contributed by atoms with van der Waals surface area (Å²) < 4.78 is 0. The molecule has 7 heteroatoms. The Morgan fingerprint density at radius 2 is 2.11 bits per heavy atom. The van der Waals surface area contributed by atoms with Gasteiger partial charge in [0.1, 0.15) is 6.04 Å². The number of carbonyl (C=O) groups excluding carboxylic acids is 2. The molecule has 2 atom stereocenters. The van der Waals surface area contributed by atoms with E-state index in [0.29, 0.717) is 19.5 Å². The number of amides is 3. The maximum absolute atomic E-state index is 11.9. The van der Waals surface area contributed by atoms with E-state index in [0.717, 1.165) is 12.8 Å². The molecule has 1 heterocycles. The average Bonchev–Trinajstić information content (AvgIpc) is 2.33. The van der Waals surface area contributed by atoms with Gasteiger partial charge in [-0.25, -0.2) is 9.59 Å². The highest BCUT2D eigenvalue weighted by molar-refractivity contribution is 5.83. The van der Waals surface area contributed by atoms with Crippen molar-refractivity contribution in [2.24, 2.45) is 11.7 Å². The largest absolute Gasteiger partial charge is 0.480 e. The lowest BCUT2D eigenvalue weighted by atomic mass is 9.91. The highest BCUT2D eigenvalue weighted by Gasteiger charge is 2.36. The molecule has 3 amide bonds. The van der Waals surface area contributed by atoms with Crippen molar-refractivity contribution >= 4 is 17.9 Å². The molecule has 7 nitrogen and oxygen atoms in total. The molecule has 1 fully saturated rings. The van der Waals surface area contributed by atoms with Gasteiger partial charge in [0.2, 0.25) is 5.91 Å².